The van der Waals surface area contributed by atoms with Crippen LogP contribution in [0.4, 0.5) is 0 Å². The summed E-state index contributed by atoms with van der Waals surface area (Å²) in [5, 5.41) is 76.6. The van der Waals surface area contributed by atoms with Gasteiger partial charge in [-0.3, -0.25) is 14.5 Å². The number of hydrogen-bond donors (Lipinski definition) is 8. The molecular formula is C76H138N4O20. The molecule has 100 heavy (non-hydrogen) atoms. The minimum Gasteiger partial charge on any atom is -0.489 e. The molecule has 0 radical (unpaired) electrons. The number of carbonyl (C=O) groups excluding carboxylic acids is 2. The molecule has 8 heterocycles. The highest BCUT2D eigenvalue weighted by molar-refractivity contribution is 5.80. The van der Waals surface area contributed by atoms with Gasteiger partial charge in [0, 0.05) is 88.1 Å². The smallest absolute Gasteiger partial charge is 0.225 e. The molecule has 34 atom stereocenters. The van der Waals surface area contributed by atoms with Crippen LogP contribution in [0.25, 0.3) is 0 Å². The van der Waals surface area contributed by atoms with Gasteiger partial charge in [0.2, 0.25) is 11.8 Å². The molecule has 0 spiro atoms. The van der Waals surface area contributed by atoms with Gasteiger partial charge >= 0.3 is 0 Å². The summed E-state index contributed by atoms with van der Waals surface area (Å²) in [6.07, 6.45) is -6.30. The molecular weight excluding hydrogens is 1290 g/mol. The standard InChI is InChI=1S/C39H72N2O10.C37H66N2O10/c1-15-28-39(12,45)33(43)24(7)31-21(4)17-38(11,51-31)34(50-36-30(42)27(16-22(5)48-36)41(13)20(2)3)25(8)32(26(9)35(44)40-28)49-29-19-37(10,46-14)18-23(6)47-29;1-14-26-37(10,43)31(41)22(5)29-19(2)16-36(9,49-29)32(48-34-28(40)25(39(11)12)15-20(3)46-34)23(6)30(24(7)33(42)38-26)47-27-18-35(8,44-13)17-21(4)45-27/h20-34,36,42-43,45H,15-19H2,1-14H3,(H,40,44);20-28,30-32,34,40-41,43H,14-18H2,1-13H3,(H,38,42)/t21?,22-,23+,24+,25+,26-,27+,28-,29?,30-,31?,32+,33-,34-,36?,37+,38-,39-;20-,21+,22+,23+,24-,25+,26-,27?,28-,30+,31-,32-,34?,35+,36-,37-/m11/s1. The van der Waals surface area contributed by atoms with Crippen LogP contribution < -0.4 is 10.6 Å². The van der Waals surface area contributed by atoms with Crippen LogP contribution in [0.15, 0.2) is 11.3 Å². The molecule has 0 aromatic carbocycles. The first-order valence-electron chi connectivity index (χ1n) is 37.8. The Morgan fingerprint density at radius 2 is 0.970 bits per heavy atom. The van der Waals surface area contributed by atoms with Crippen molar-refractivity contribution in [2.75, 3.05) is 35.4 Å². The van der Waals surface area contributed by atoms with Gasteiger partial charge in [-0.15, -0.1) is 0 Å². The summed E-state index contributed by atoms with van der Waals surface area (Å²) >= 11 is 0. The van der Waals surface area contributed by atoms with Gasteiger partial charge < -0.3 is 103 Å². The van der Waals surface area contributed by atoms with Gasteiger partial charge in [0.1, 0.15) is 40.9 Å². The Bertz CT molecular complexity index is 2690. The number of aliphatic hydroxyl groups excluding tert-OH is 4. The summed E-state index contributed by atoms with van der Waals surface area (Å²) < 4.78 is 78.7. The molecule has 0 aromatic heterocycles. The zero-order valence-electron chi connectivity index (χ0n) is 66.1. The number of methoxy groups -OCH3 is 2. The third-order valence-electron chi connectivity index (χ3n) is 24.8. The Balaban J connectivity index is 0.000000281. The second-order valence-electron chi connectivity index (χ2n) is 34.2. The van der Waals surface area contributed by atoms with Gasteiger partial charge in [-0.1, -0.05) is 62.3 Å². The molecule has 8 aliphatic rings. The monoisotopic (exact) mass is 1430 g/mol. The van der Waals surface area contributed by atoms with Crippen LogP contribution in [0.5, 0.6) is 0 Å². The maximum absolute atomic E-state index is 14.3. The molecule has 7 saturated heterocycles. The van der Waals surface area contributed by atoms with E-state index in [1.807, 2.05) is 137 Å². The molecule has 24 heteroatoms. The topological polar surface area (TPSA) is 297 Å². The number of ether oxygens (including phenoxy) is 12. The summed E-state index contributed by atoms with van der Waals surface area (Å²) in [4.78, 5) is 32.6. The van der Waals surface area contributed by atoms with E-state index >= 15 is 0 Å². The second-order valence-corrected chi connectivity index (χ2v) is 34.2. The SMILES string of the molecule is CC[C@H]1NC(=O)[C@H](C)[C@@H](OC2C[C@@](C)(OC)C[C@H](C)O2)[C@H](C)[C@@H](OC2O[C@H](C)C[C@H](N(C)C(C)C)[C@H]2O)[C@@]2(C)CC(C)C(O2)[C@H](C)[C@@H](O)[C@]1(C)O.CC[C@H]1NC(=O)[C@H](C)[C@@H](OC2C[C@@](C)(OC)C[C@H](C)O2)[C@H](C)[C@@H](OC2O[C@H](C)C[C@H](N(C)C)[C@H]2O)[C@@]2(C)CC(C)=C(O2)[C@H](C)[C@@H](O)[C@]1(C)O. The number of aliphatic hydroxyl groups is 6. The number of fused-ring (bicyclic) bond motifs is 4. The fourth-order valence-corrected chi connectivity index (χ4v) is 18.6. The summed E-state index contributed by atoms with van der Waals surface area (Å²) in [7, 11) is 9.25. The lowest BCUT2D eigenvalue weighted by atomic mass is 9.75. The van der Waals surface area contributed by atoms with Crippen molar-refractivity contribution in [2.45, 2.75) is 385 Å². The highest BCUT2D eigenvalue weighted by Gasteiger charge is 2.60. The van der Waals surface area contributed by atoms with Crippen LogP contribution >= 0.6 is 0 Å². The number of carbonyl (C=O) groups is 2. The summed E-state index contributed by atoms with van der Waals surface area (Å²) in [5.41, 5.74) is -5.31. The first kappa shape index (κ1) is 85.0. The number of hydrogen-bond acceptors (Lipinski definition) is 22. The molecule has 0 aliphatic carbocycles. The molecule has 0 aromatic rings. The Morgan fingerprint density at radius 1 is 0.550 bits per heavy atom. The summed E-state index contributed by atoms with van der Waals surface area (Å²) in [5.74, 6) is -3.63. The lowest BCUT2D eigenvalue weighted by Crippen LogP contribution is -2.61. The average molecular weight is 1430 g/mol. The fourth-order valence-electron chi connectivity index (χ4n) is 18.6. The maximum atomic E-state index is 14.3. The van der Waals surface area contributed by atoms with E-state index in [2.05, 4.69) is 36.3 Å². The minimum absolute atomic E-state index is 0.0102. The number of likely N-dealkylation sites (N-methyl/N-ethyl adjacent to an activating group) is 2. The second kappa shape index (κ2) is 33.5. The van der Waals surface area contributed by atoms with Crippen molar-refractivity contribution in [2.24, 2.45) is 41.4 Å². The fraction of sp³-hybridized carbons (Fsp3) is 0.947. The van der Waals surface area contributed by atoms with Crippen LogP contribution in [-0.2, 0) is 66.4 Å². The average Bonchev–Trinajstić information content (AvgIpc) is 1.58. The maximum Gasteiger partial charge on any atom is 0.225 e. The van der Waals surface area contributed by atoms with Crippen molar-refractivity contribution in [1.82, 2.24) is 20.4 Å². The van der Waals surface area contributed by atoms with Gasteiger partial charge in [0.25, 0.3) is 0 Å². The lowest BCUT2D eigenvalue weighted by Gasteiger charge is -2.48. The molecule has 582 valence electrons. The van der Waals surface area contributed by atoms with E-state index in [0.717, 1.165) is 5.57 Å². The molecule has 6 unspecified atom stereocenters. The van der Waals surface area contributed by atoms with Gasteiger partial charge in [0.15, 0.2) is 25.2 Å². The first-order chi connectivity index (χ1) is 46.3. The van der Waals surface area contributed by atoms with Crippen molar-refractivity contribution in [3.8, 4) is 0 Å². The quantitative estimate of drug-likeness (QED) is 0.0787. The van der Waals surface area contributed by atoms with Crippen molar-refractivity contribution in [1.29, 1.82) is 0 Å². The Labute approximate surface area is 599 Å². The van der Waals surface area contributed by atoms with Crippen LogP contribution in [0, 0.1) is 41.4 Å². The summed E-state index contributed by atoms with van der Waals surface area (Å²) in [6, 6.07) is -1.69. The van der Waals surface area contributed by atoms with E-state index in [1.54, 1.807) is 35.0 Å². The van der Waals surface area contributed by atoms with Crippen LogP contribution in [0.2, 0.25) is 0 Å². The molecule has 4 bridgehead atoms. The van der Waals surface area contributed by atoms with Crippen molar-refractivity contribution >= 4 is 11.8 Å². The Hall–Kier alpha value is -2.28. The zero-order chi connectivity index (χ0) is 75.2. The van der Waals surface area contributed by atoms with E-state index in [4.69, 9.17) is 56.8 Å². The molecule has 8 N–H and O–H groups in total. The van der Waals surface area contributed by atoms with Crippen LogP contribution in [0.3, 0.4) is 0 Å². The Kier molecular flexibility index (Phi) is 28.4. The normalized spacial score (nSPS) is 49.6. The molecule has 8 aliphatic heterocycles. The van der Waals surface area contributed by atoms with E-state index < -0.39 is 161 Å². The van der Waals surface area contributed by atoms with Crippen LogP contribution in [0.1, 0.15) is 217 Å². The molecule has 7 fully saturated rings. The van der Waals surface area contributed by atoms with Crippen molar-refractivity contribution < 1.29 is 97.1 Å². The highest BCUT2D eigenvalue weighted by Crippen LogP contribution is 2.50. The minimum atomic E-state index is -1.68. The number of amides is 2. The molecule has 8 rings (SSSR count). The highest BCUT2D eigenvalue weighted by atomic mass is 16.7. The van der Waals surface area contributed by atoms with Gasteiger partial charge in [-0.2, -0.15) is 0 Å². The van der Waals surface area contributed by atoms with Crippen molar-refractivity contribution in [3.05, 3.63) is 11.3 Å². The lowest BCUT2D eigenvalue weighted by molar-refractivity contribution is -0.312. The summed E-state index contributed by atoms with van der Waals surface area (Å²) in [6.45, 7) is 42.5. The van der Waals surface area contributed by atoms with Gasteiger partial charge in [-0.05, 0) is 155 Å². The predicted molar refractivity (Wildman–Crippen MR) is 378 cm³/mol. The number of nitrogens with zero attached hydrogens (tertiary/aromatic N) is 2. The zero-order valence-corrected chi connectivity index (χ0v) is 66.1. The first-order valence-corrected chi connectivity index (χ1v) is 37.8. The third-order valence-corrected chi connectivity index (χ3v) is 24.8. The van der Waals surface area contributed by atoms with Gasteiger partial charge in [-0.25, -0.2) is 0 Å². The molecule has 24 nitrogen and oxygen atoms in total. The third kappa shape index (κ3) is 18.5. The number of rotatable bonds is 15. The Morgan fingerprint density at radius 3 is 1.39 bits per heavy atom. The van der Waals surface area contributed by atoms with E-state index in [-0.39, 0.29) is 60.3 Å². The number of nitrogens with one attached hydrogen (secondary N) is 2. The predicted octanol–water partition coefficient (Wildman–Crippen LogP) is 7.50. The van der Waals surface area contributed by atoms with E-state index in [9.17, 15) is 40.2 Å². The van der Waals surface area contributed by atoms with E-state index in [0.29, 0.717) is 70.0 Å². The van der Waals surface area contributed by atoms with Crippen LogP contribution in [-0.4, -0.2) is 256 Å². The molecule has 0 saturated carbocycles. The van der Waals surface area contributed by atoms with Gasteiger partial charge in [0.05, 0.1) is 102 Å². The van der Waals surface area contributed by atoms with Crippen molar-refractivity contribution in [3.63, 3.8) is 0 Å². The largest absolute Gasteiger partial charge is 0.489 e. The van der Waals surface area contributed by atoms with E-state index in [1.165, 1.54) is 0 Å². The molecule has 2 amide bonds.